The molecule has 1 aromatic rings. The molecule has 0 aliphatic carbocycles. The highest BCUT2D eigenvalue weighted by molar-refractivity contribution is 5.52. The zero-order chi connectivity index (χ0) is 11.8. The van der Waals surface area contributed by atoms with E-state index in [1.54, 1.807) is 0 Å². The van der Waals surface area contributed by atoms with Crippen molar-refractivity contribution in [2.45, 2.75) is 47.5 Å². The molecule has 0 radical (unpaired) electrons. The first kappa shape index (κ1) is 13.9. The molecular formula is C13H24N2. The van der Waals surface area contributed by atoms with E-state index >= 15 is 0 Å². The lowest BCUT2D eigenvalue weighted by Crippen LogP contribution is -1.96. The van der Waals surface area contributed by atoms with Crippen molar-refractivity contribution in [2.75, 3.05) is 11.9 Å². The van der Waals surface area contributed by atoms with E-state index in [0.717, 1.165) is 12.4 Å². The first-order chi connectivity index (χ1) is 7.27. The molecule has 0 amide bonds. The predicted molar refractivity (Wildman–Crippen MR) is 68.6 cm³/mol. The van der Waals surface area contributed by atoms with E-state index < -0.39 is 0 Å². The van der Waals surface area contributed by atoms with Gasteiger partial charge < -0.3 is 5.32 Å². The summed E-state index contributed by atoms with van der Waals surface area (Å²) >= 11 is 0. The first-order valence-electron chi connectivity index (χ1n) is 5.98. The van der Waals surface area contributed by atoms with E-state index in [9.17, 15) is 0 Å². The highest BCUT2D eigenvalue weighted by Gasteiger charge is 2.18. The Morgan fingerprint density at radius 1 is 1.27 bits per heavy atom. The summed E-state index contributed by atoms with van der Waals surface area (Å²) in [4.78, 5) is 4.30. The second-order valence-corrected chi connectivity index (χ2v) is 3.23. The molecule has 2 heterocycles. The maximum atomic E-state index is 4.30. The maximum absolute atomic E-state index is 4.30. The highest BCUT2D eigenvalue weighted by atomic mass is 15.0. The normalized spacial score (nSPS) is 16.3. The van der Waals surface area contributed by atoms with E-state index in [1.165, 1.54) is 11.1 Å². The monoisotopic (exact) mass is 208 g/mol. The number of fused-ring (bicyclic) bond motifs is 1. The first-order valence-corrected chi connectivity index (χ1v) is 5.98. The fourth-order valence-corrected chi connectivity index (χ4v) is 1.47. The minimum Gasteiger partial charge on any atom is -0.369 e. The van der Waals surface area contributed by atoms with Gasteiger partial charge in [0.15, 0.2) is 0 Å². The molecule has 2 rings (SSSR count). The lowest BCUT2D eigenvalue weighted by atomic mass is 10.0. The van der Waals surface area contributed by atoms with Gasteiger partial charge in [0.05, 0.1) is 0 Å². The van der Waals surface area contributed by atoms with Crippen LogP contribution in [0.1, 0.15) is 51.7 Å². The standard InChI is InChI=1S/C9H12N2.2C2H6/c1-6-3-8-7(2)5-11-9(8)10-4-6;2*1-2/h3-4,7H,5H2,1-2H3,(H,10,11);2*1-2H3. The number of pyridine rings is 1. The molecule has 0 saturated carbocycles. The van der Waals surface area contributed by atoms with Gasteiger partial charge in [-0.1, -0.05) is 40.7 Å². The van der Waals surface area contributed by atoms with Crippen LogP contribution in [-0.2, 0) is 0 Å². The highest BCUT2D eigenvalue weighted by Crippen LogP contribution is 2.28. The number of aryl methyl sites for hydroxylation is 1. The molecule has 1 aliphatic heterocycles. The van der Waals surface area contributed by atoms with Crippen LogP contribution in [0.25, 0.3) is 0 Å². The zero-order valence-electron chi connectivity index (χ0n) is 10.9. The maximum Gasteiger partial charge on any atom is 0.129 e. The summed E-state index contributed by atoms with van der Waals surface area (Å²) in [6, 6.07) is 2.22. The molecule has 2 nitrogen and oxygen atoms in total. The quantitative estimate of drug-likeness (QED) is 0.697. The Morgan fingerprint density at radius 2 is 1.87 bits per heavy atom. The van der Waals surface area contributed by atoms with Crippen LogP contribution in [-0.4, -0.2) is 11.5 Å². The number of aromatic nitrogens is 1. The van der Waals surface area contributed by atoms with E-state index in [2.05, 4.69) is 30.2 Å². The Morgan fingerprint density at radius 3 is 2.47 bits per heavy atom. The molecule has 15 heavy (non-hydrogen) atoms. The lowest BCUT2D eigenvalue weighted by molar-refractivity contribution is 0.853. The topological polar surface area (TPSA) is 24.9 Å². The van der Waals surface area contributed by atoms with Gasteiger partial charge in [0.25, 0.3) is 0 Å². The van der Waals surface area contributed by atoms with Gasteiger partial charge in [0.2, 0.25) is 0 Å². The zero-order valence-corrected chi connectivity index (χ0v) is 10.9. The third kappa shape index (κ3) is 3.54. The average Bonchev–Trinajstić information content (AvgIpc) is 2.66. The second kappa shape index (κ2) is 7.27. The van der Waals surface area contributed by atoms with Crippen molar-refractivity contribution in [2.24, 2.45) is 0 Å². The van der Waals surface area contributed by atoms with Crippen LogP contribution in [0.5, 0.6) is 0 Å². The van der Waals surface area contributed by atoms with Gasteiger partial charge in [-0.2, -0.15) is 0 Å². The molecule has 1 unspecified atom stereocenters. The number of hydrogen-bond acceptors (Lipinski definition) is 2. The molecule has 1 aromatic heterocycles. The van der Waals surface area contributed by atoms with Crippen LogP contribution in [0.4, 0.5) is 5.82 Å². The number of hydrogen-bond donors (Lipinski definition) is 1. The van der Waals surface area contributed by atoms with Crippen molar-refractivity contribution in [1.82, 2.24) is 4.98 Å². The Kier molecular flexibility index (Phi) is 6.76. The van der Waals surface area contributed by atoms with Crippen molar-refractivity contribution in [3.05, 3.63) is 23.4 Å². The number of anilines is 1. The predicted octanol–water partition coefficient (Wildman–Crippen LogP) is 3.97. The summed E-state index contributed by atoms with van der Waals surface area (Å²) in [6.45, 7) is 13.3. The molecule has 0 fully saturated rings. The minimum absolute atomic E-state index is 0.623. The third-order valence-electron chi connectivity index (χ3n) is 2.16. The molecule has 2 heteroatoms. The van der Waals surface area contributed by atoms with Crippen LogP contribution in [0.15, 0.2) is 12.3 Å². The van der Waals surface area contributed by atoms with Gasteiger partial charge in [-0.15, -0.1) is 0 Å². The summed E-state index contributed by atoms with van der Waals surface area (Å²) in [7, 11) is 0. The molecule has 0 aromatic carbocycles. The summed E-state index contributed by atoms with van der Waals surface area (Å²) in [5, 5.41) is 3.27. The number of nitrogens with one attached hydrogen (secondary N) is 1. The van der Waals surface area contributed by atoms with Crippen LogP contribution >= 0.6 is 0 Å². The fraction of sp³-hybridized carbons (Fsp3) is 0.615. The van der Waals surface area contributed by atoms with Gasteiger partial charge in [0, 0.05) is 18.7 Å². The molecule has 86 valence electrons. The van der Waals surface area contributed by atoms with Gasteiger partial charge in [-0.3, -0.25) is 0 Å². The Labute approximate surface area is 94.1 Å². The summed E-state index contributed by atoms with van der Waals surface area (Å²) in [6.07, 6.45) is 1.91. The fourth-order valence-electron chi connectivity index (χ4n) is 1.47. The molecule has 0 saturated heterocycles. The summed E-state index contributed by atoms with van der Waals surface area (Å²) < 4.78 is 0. The van der Waals surface area contributed by atoms with Crippen molar-refractivity contribution < 1.29 is 0 Å². The molecule has 1 N–H and O–H groups in total. The smallest absolute Gasteiger partial charge is 0.129 e. The Bertz CT molecular complexity index is 282. The van der Waals surface area contributed by atoms with E-state index in [0.29, 0.717) is 5.92 Å². The minimum atomic E-state index is 0.623. The number of nitrogens with zero attached hydrogens (tertiary/aromatic N) is 1. The largest absolute Gasteiger partial charge is 0.369 e. The van der Waals surface area contributed by atoms with Crippen LogP contribution < -0.4 is 5.32 Å². The van der Waals surface area contributed by atoms with Crippen LogP contribution in [0.3, 0.4) is 0 Å². The van der Waals surface area contributed by atoms with Crippen molar-refractivity contribution in [3.63, 3.8) is 0 Å². The number of rotatable bonds is 0. The molecule has 1 atom stereocenters. The SMILES string of the molecule is CC.CC.Cc1cnc2c(c1)C(C)CN2. The Balaban J connectivity index is 0.000000442. The van der Waals surface area contributed by atoms with Gasteiger partial charge in [-0.05, 0) is 18.1 Å². The Hall–Kier alpha value is -1.05. The molecule has 0 bridgehead atoms. The lowest BCUT2D eigenvalue weighted by Gasteiger charge is -2.01. The van der Waals surface area contributed by atoms with E-state index in [4.69, 9.17) is 0 Å². The van der Waals surface area contributed by atoms with Gasteiger partial charge in [-0.25, -0.2) is 4.98 Å². The molecule has 1 aliphatic rings. The van der Waals surface area contributed by atoms with E-state index in [-0.39, 0.29) is 0 Å². The molecular weight excluding hydrogens is 184 g/mol. The van der Waals surface area contributed by atoms with Gasteiger partial charge in [0.1, 0.15) is 5.82 Å². The van der Waals surface area contributed by atoms with Crippen molar-refractivity contribution in [1.29, 1.82) is 0 Å². The third-order valence-corrected chi connectivity index (χ3v) is 2.16. The second-order valence-electron chi connectivity index (χ2n) is 3.23. The summed E-state index contributed by atoms with van der Waals surface area (Å²) in [5.74, 6) is 1.69. The van der Waals surface area contributed by atoms with E-state index in [1.807, 2.05) is 33.9 Å². The average molecular weight is 208 g/mol. The van der Waals surface area contributed by atoms with Crippen LogP contribution in [0, 0.1) is 6.92 Å². The molecule has 0 spiro atoms. The van der Waals surface area contributed by atoms with Gasteiger partial charge >= 0.3 is 0 Å². The van der Waals surface area contributed by atoms with Crippen molar-refractivity contribution >= 4 is 5.82 Å². The van der Waals surface area contributed by atoms with Crippen LogP contribution in [0.2, 0.25) is 0 Å². The van der Waals surface area contributed by atoms with Crippen molar-refractivity contribution in [3.8, 4) is 0 Å². The summed E-state index contributed by atoms with van der Waals surface area (Å²) in [5.41, 5.74) is 2.62.